The number of amides is 2. The molecule has 3 rings (SSSR count). The molecule has 2 atom stereocenters. The number of carbonyl (C=O) groups is 3. The minimum absolute atomic E-state index is 0.0730. The average molecular weight is 536 g/mol. The van der Waals surface area contributed by atoms with Gasteiger partial charge >= 0.3 is 0 Å². The van der Waals surface area contributed by atoms with Crippen LogP contribution in [-0.4, -0.2) is 60.8 Å². The van der Waals surface area contributed by atoms with E-state index in [2.05, 4.69) is 17.4 Å². The number of nitrogens with zero attached hydrogens (tertiary/aromatic N) is 1. The topological polar surface area (TPSA) is 145 Å². The molecule has 0 spiro atoms. The van der Waals surface area contributed by atoms with E-state index in [1.807, 2.05) is 42.5 Å². The molecule has 39 heavy (non-hydrogen) atoms. The van der Waals surface area contributed by atoms with E-state index in [4.69, 9.17) is 17.2 Å². The van der Waals surface area contributed by atoms with Gasteiger partial charge in [-0.25, -0.2) is 0 Å². The number of carbonyl (C=O) groups excluding carboxylic acids is 3. The van der Waals surface area contributed by atoms with Crippen LogP contribution in [0.4, 0.5) is 0 Å². The van der Waals surface area contributed by atoms with Gasteiger partial charge in [-0.05, 0) is 48.3 Å². The van der Waals surface area contributed by atoms with Crippen LogP contribution in [0.15, 0.2) is 54.6 Å². The fourth-order valence-electron chi connectivity index (χ4n) is 5.30. The SMILES string of the molecule is NCCN(CCN)C(=O)C[C@H](N)C(=O)N[C@@H](CCc1ccccc1)C(=O)Cc1ccc(C2CCCCC2)cc1. The lowest BCUT2D eigenvalue weighted by molar-refractivity contribution is -0.134. The van der Waals surface area contributed by atoms with Crippen molar-refractivity contribution in [1.29, 1.82) is 0 Å². The molecule has 2 amide bonds. The molecule has 1 saturated carbocycles. The molecule has 1 aliphatic rings. The highest BCUT2D eigenvalue weighted by Crippen LogP contribution is 2.32. The summed E-state index contributed by atoms with van der Waals surface area (Å²) in [7, 11) is 0. The van der Waals surface area contributed by atoms with Crippen molar-refractivity contribution >= 4 is 17.6 Å². The van der Waals surface area contributed by atoms with Gasteiger partial charge in [-0.15, -0.1) is 0 Å². The Bertz CT molecular complexity index is 1030. The Morgan fingerprint density at radius 2 is 1.51 bits per heavy atom. The third kappa shape index (κ3) is 9.88. The zero-order chi connectivity index (χ0) is 28.0. The first-order valence-electron chi connectivity index (χ1n) is 14.3. The van der Waals surface area contributed by atoms with Gasteiger partial charge in [0, 0.05) is 32.6 Å². The van der Waals surface area contributed by atoms with Crippen LogP contribution in [0.25, 0.3) is 0 Å². The first kappa shape index (κ1) is 30.5. The zero-order valence-electron chi connectivity index (χ0n) is 23.0. The second kappa shape index (κ2) is 16.1. The van der Waals surface area contributed by atoms with Crippen molar-refractivity contribution in [1.82, 2.24) is 10.2 Å². The molecule has 0 bridgehead atoms. The number of Topliss-reactive ketones (excluding diaryl/α,β-unsaturated/α-hetero) is 1. The van der Waals surface area contributed by atoms with Crippen LogP contribution >= 0.6 is 0 Å². The molecule has 1 aliphatic carbocycles. The maximum Gasteiger partial charge on any atom is 0.238 e. The maximum absolute atomic E-state index is 13.4. The molecule has 1 fully saturated rings. The first-order valence-corrected chi connectivity index (χ1v) is 14.3. The van der Waals surface area contributed by atoms with Crippen LogP contribution in [0.1, 0.15) is 67.6 Å². The van der Waals surface area contributed by atoms with E-state index in [1.165, 1.54) is 42.6 Å². The predicted molar refractivity (Wildman–Crippen MR) is 155 cm³/mol. The van der Waals surface area contributed by atoms with Crippen molar-refractivity contribution in [3.05, 3.63) is 71.3 Å². The van der Waals surface area contributed by atoms with Crippen LogP contribution in [0.2, 0.25) is 0 Å². The van der Waals surface area contributed by atoms with Crippen LogP contribution in [-0.2, 0) is 27.2 Å². The van der Waals surface area contributed by atoms with Crippen LogP contribution in [0.5, 0.6) is 0 Å². The molecule has 0 saturated heterocycles. The van der Waals surface area contributed by atoms with Crippen molar-refractivity contribution in [3.63, 3.8) is 0 Å². The molecule has 8 nitrogen and oxygen atoms in total. The van der Waals surface area contributed by atoms with Crippen molar-refractivity contribution in [2.24, 2.45) is 17.2 Å². The molecule has 2 aromatic rings. The third-order valence-electron chi connectivity index (χ3n) is 7.59. The van der Waals surface area contributed by atoms with Crippen LogP contribution < -0.4 is 22.5 Å². The number of hydrogen-bond acceptors (Lipinski definition) is 6. The average Bonchev–Trinajstić information content (AvgIpc) is 2.96. The number of nitrogens with one attached hydrogen (secondary N) is 1. The van der Waals surface area contributed by atoms with E-state index < -0.39 is 18.0 Å². The van der Waals surface area contributed by atoms with E-state index in [9.17, 15) is 14.4 Å². The highest BCUT2D eigenvalue weighted by Gasteiger charge is 2.26. The van der Waals surface area contributed by atoms with Gasteiger partial charge in [-0.2, -0.15) is 0 Å². The van der Waals surface area contributed by atoms with Crippen LogP contribution in [0, 0.1) is 0 Å². The Morgan fingerprint density at radius 3 is 2.13 bits per heavy atom. The summed E-state index contributed by atoms with van der Waals surface area (Å²) in [4.78, 5) is 40.6. The van der Waals surface area contributed by atoms with Gasteiger partial charge in [0.2, 0.25) is 11.8 Å². The lowest BCUT2D eigenvalue weighted by Crippen LogP contribution is -2.51. The summed E-state index contributed by atoms with van der Waals surface area (Å²) in [5, 5.41) is 2.84. The van der Waals surface area contributed by atoms with Gasteiger partial charge in [-0.1, -0.05) is 73.9 Å². The van der Waals surface area contributed by atoms with Gasteiger partial charge in [0.15, 0.2) is 5.78 Å². The highest BCUT2D eigenvalue weighted by molar-refractivity contribution is 5.93. The summed E-state index contributed by atoms with van der Waals surface area (Å²) in [6, 6.07) is 16.4. The molecule has 0 unspecified atom stereocenters. The number of aryl methyl sites for hydroxylation is 1. The molecule has 7 N–H and O–H groups in total. The molecular formula is C31H45N5O3. The number of nitrogens with two attached hydrogens (primary N) is 3. The largest absolute Gasteiger partial charge is 0.345 e. The summed E-state index contributed by atoms with van der Waals surface area (Å²) in [5.74, 6) is -0.256. The maximum atomic E-state index is 13.4. The fraction of sp³-hybridized carbons (Fsp3) is 0.516. The molecule has 8 heteroatoms. The number of rotatable bonds is 15. The summed E-state index contributed by atoms with van der Waals surface area (Å²) in [6.45, 7) is 1.29. The van der Waals surface area contributed by atoms with E-state index in [0.29, 0.717) is 44.9 Å². The molecule has 2 aromatic carbocycles. The van der Waals surface area contributed by atoms with Gasteiger partial charge < -0.3 is 27.4 Å². The monoisotopic (exact) mass is 535 g/mol. The summed E-state index contributed by atoms with van der Waals surface area (Å²) in [6.07, 6.45) is 7.45. The Hall–Kier alpha value is -3.07. The fourth-order valence-corrected chi connectivity index (χ4v) is 5.30. The number of ketones is 1. The normalized spacial score (nSPS) is 15.4. The molecule has 212 valence electrons. The van der Waals surface area contributed by atoms with E-state index in [-0.39, 0.29) is 24.5 Å². The molecule has 0 heterocycles. The molecule has 0 aliphatic heterocycles. The van der Waals surface area contributed by atoms with Crippen molar-refractivity contribution in [2.45, 2.75) is 75.8 Å². The number of hydrogen-bond donors (Lipinski definition) is 4. The van der Waals surface area contributed by atoms with Gasteiger partial charge in [0.25, 0.3) is 0 Å². The molecule has 0 radical (unpaired) electrons. The van der Waals surface area contributed by atoms with Gasteiger partial charge in [0.05, 0.1) is 18.5 Å². The van der Waals surface area contributed by atoms with Crippen molar-refractivity contribution in [3.8, 4) is 0 Å². The summed E-state index contributed by atoms with van der Waals surface area (Å²) in [5.41, 5.74) is 20.7. The van der Waals surface area contributed by atoms with E-state index in [0.717, 1.165) is 11.1 Å². The van der Waals surface area contributed by atoms with E-state index >= 15 is 0 Å². The highest BCUT2D eigenvalue weighted by atomic mass is 16.2. The lowest BCUT2D eigenvalue weighted by Gasteiger charge is -2.24. The minimum Gasteiger partial charge on any atom is -0.345 e. The third-order valence-corrected chi connectivity index (χ3v) is 7.59. The Kier molecular flexibility index (Phi) is 12.6. The number of benzene rings is 2. The predicted octanol–water partition coefficient (Wildman–Crippen LogP) is 2.43. The first-order chi connectivity index (χ1) is 18.9. The van der Waals surface area contributed by atoms with Gasteiger partial charge in [0.1, 0.15) is 0 Å². The second-order valence-electron chi connectivity index (χ2n) is 10.6. The second-order valence-corrected chi connectivity index (χ2v) is 10.6. The smallest absolute Gasteiger partial charge is 0.238 e. The van der Waals surface area contributed by atoms with Crippen molar-refractivity contribution in [2.75, 3.05) is 26.2 Å². The summed E-state index contributed by atoms with van der Waals surface area (Å²) >= 11 is 0. The lowest BCUT2D eigenvalue weighted by atomic mass is 9.84. The quantitative estimate of drug-likeness (QED) is 0.276. The van der Waals surface area contributed by atoms with Crippen molar-refractivity contribution < 1.29 is 14.4 Å². The summed E-state index contributed by atoms with van der Waals surface area (Å²) < 4.78 is 0. The Labute approximate surface area is 232 Å². The van der Waals surface area contributed by atoms with Crippen LogP contribution in [0.3, 0.4) is 0 Å². The Morgan fingerprint density at radius 1 is 0.872 bits per heavy atom. The minimum atomic E-state index is -1.07. The standard InChI is InChI=1S/C31H45N5O3/c32-17-19-36(20-18-33)30(38)22-27(34)31(39)35-28(16-13-23-7-3-1-4-8-23)29(37)21-24-11-14-26(15-12-24)25-9-5-2-6-10-25/h1,3-4,7-8,11-12,14-15,25,27-28H,2,5-6,9-10,13,16-22,32-34H2,(H,35,39)/t27-,28-/m0/s1. The van der Waals surface area contributed by atoms with Gasteiger partial charge in [-0.3, -0.25) is 14.4 Å². The molecular weight excluding hydrogens is 490 g/mol. The zero-order valence-corrected chi connectivity index (χ0v) is 23.0. The molecule has 0 aromatic heterocycles. The van der Waals surface area contributed by atoms with E-state index in [1.54, 1.807) is 0 Å². The Balaban J connectivity index is 1.64.